The topological polar surface area (TPSA) is 97.8 Å². The van der Waals surface area contributed by atoms with Crippen LogP contribution in [0.4, 0.5) is 0 Å². The number of carboxylic acid groups (broad SMARTS) is 1. The molecular formula is C15H14N2O5S. The second-order valence-corrected chi connectivity index (χ2v) is 5.87. The molecule has 120 valence electrons. The van der Waals surface area contributed by atoms with Gasteiger partial charge in [-0.25, -0.2) is 4.98 Å². The van der Waals surface area contributed by atoms with Crippen LogP contribution < -0.4 is 14.8 Å². The van der Waals surface area contributed by atoms with E-state index in [9.17, 15) is 9.59 Å². The first-order valence-corrected chi connectivity index (χ1v) is 7.77. The molecule has 1 aliphatic rings. The van der Waals surface area contributed by atoms with Gasteiger partial charge in [0, 0.05) is 10.9 Å². The van der Waals surface area contributed by atoms with Gasteiger partial charge < -0.3 is 19.9 Å². The summed E-state index contributed by atoms with van der Waals surface area (Å²) in [6.07, 6.45) is 0.0403. The smallest absolute Gasteiger partial charge is 0.325 e. The summed E-state index contributed by atoms with van der Waals surface area (Å²) in [6.45, 7) is 1.63. The average Bonchev–Trinajstić information content (AvgIpc) is 3.14. The van der Waals surface area contributed by atoms with Gasteiger partial charge in [0.1, 0.15) is 11.0 Å². The van der Waals surface area contributed by atoms with Crippen molar-refractivity contribution in [1.29, 1.82) is 0 Å². The third kappa shape index (κ3) is 3.42. The van der Waals surface area contributed by atoms with Crippen molar-refractivity contribution in [3.8, 4) is 22.1 Å². The molecule has 2 aromatic rings. The molecule has 0 bridgehead atoms. The number of ether oxygens (including phenoxy) is 2. The number of carbonyl (C=O) groups excluding carboxylic acids is 1. The minimum atomic E-state index is -1.07. The number of nitrogens with zero attached hydrogens (tertiary/aromatic N) is 1. The number of rotatable bonds is 5. The predicted molar refractivity (Wildman–Crippen MR) is 82.6 cm³/mol. The summed E-state index contributed by atoms with van der Waals surface area (Å²) >= 11 is 1.41. The molecule has 8 heteroatoms. The van der Waals surface area contributed by atoms with E-state index in [4.69, 9.17) is 14.6 Å². The van der Waals surface area contributed by atoms with E-state index >= 15 is 0 Å². The summed E-state index contributed by atoms with van der Waals surface area (Å²) < 4.78 is 10.6. The van der Waals surface area contributed by atoms with Crippen LogP contribution in [-0.2, 0) is 16.0 Å². The third-order valence-electron chi connectivity index (χ3n) is 3.26. The molecule has 23 heavy (non-hydrogen) atoms. The Bertz CT molecular complexity index is 758. The SMILES string of the molecule is C[C@@H](NC(=O)Cc1csc(-c2ccc3c(c2)OCO3)n1)C(=O)O. The third-order valence-corrected chi connectivity index (χ3v) is 4.20. The second-order valence-electron chi connectivity index (χ2n) is 5.02. The normalized spacial score (nSPS) is 13.6. The quantitative estimate of drug-likeness (QED) is 0.863. The van der Waals surface area contributed by atoms with Crippen molar-refractivity contribution >= 4 is 23.2 Å². The molecule has 1 aromatic heterocycles. The van der Waals surface area contributed by atoms with E-state index in [2.05, 4.69) is 10.3 Å². The van der Waals surface area contributed by atoms with Gasteiger partial charge in [0.05, 0.1) is 12.1 Å². The summed E-state index contributed by atoms with van der Waals surface area (Å²) in [6, 6.07) is 4.62. The zero-order chi connectivity index (χ0) is 16.4. The highest BCUT2D eigenvalue weighted by atomic mass is 32.1. The maximum Gasteiger partial charge on any atom is 0.325 e. The average molecular weight is 334 g/mol. The second kappa shape index (κ2) is 6.25. The van der Waals surface area contributed by atoms with Gasteiger partial charge in [0.25, 0.3) is 0 Å². The van der Waals surface area contributed by atoms with Gasteiger partial charge in [-0.2, -0.15) is 0 Å². The Kier molecular flexibility index (Phi) is 4.16. The first-order chi connectivity index (χ1) is 11.0. The molecule has 0 aliphatic carbocycles. The highest BCUT2D eigenvalue weighted by Gasteiger charge is 2.17. The Balaban J connectivity index is 1.68. The lowest BCUT2D eigenvalue weighted by atomic mass is 10.2. The molecular weight excluding hydrogens is 320 g/mol. The van der Waals surface area contributed by atoms with Crippen molar-refractivity contribution in [3.63, 3.8) is 0 Å². The molecule has 1 amide bonds. The Morgan fingerprint density at radius 2 is 2.17 bits per heavy atom. The van der Waals surface area contributed by atoms with Gasteiger partial charge in [0.2, 0.25) is 12.7 Å². The maximum absolute atomic E-state index is 11.8. The lowest BCUT2D eigenvalue weighted by Gasteiger charge is -2.07. The molecule has 1 aromatic carbocycles. The summed E-state index contributed by atoms with van der Waals surface area (Å²) in [4.78, 5) is 26.9. The van der Waals surface area contributed by atoms with Crippen LogP contribution in [0.2, 0.25) is 0 Å². The van der Waals surface area contributed by atoms with E-state index < -0.39 is 12.0 Å². The largest absolute Gasteiger partial charge is 0.480 e. The Morgan fingerprint density at radius 1 is 1.39 bits per heavy atom. The molecule has 1 aliphatic heterocycles. The molecule has 0 saturated heterocycles. The molecule has 0 saturated carbocycles. The van der Waals surface area contributed by atoms with Crippen molar-refractivity contribution in [3.05, 3.63) is 29.3 Å². The number of hydrogen-bond acceptors (Lipinski definition) is 6. The lowest BCUT2D eigenvalue weighted by molar-refractivity contribution is -0.141. The van der Waals surface area contributed by atoms with E-state index in [1.807, 2.05) is 18.2 Å². The van der Waals surface area contributed by atoms with Gasteiger partial charge in [-0.3, -0.25) is 9.59 Å². The minimum absolute atomic E-state index is 0.0403. The van der Waals surface area contributed by atoms with Crippen LogP contribution in [0, 0.1) is 0 Å². The summed E-state index contributed by atoms with van der Waals surface area (Å²) in [5, 5.41) is 13.7. The highest BCUT2D eigenvalue weighted by Crippen LogP contribution is 2.36. The number of nitrogens with one attached hydrogen (secondary N) is 1. The van der Waals surface area contributed by atoms with Gasteiger partial charge in [-0.05, 0) is 25.1 Å². The summed E-state index contributed by atoms with van der Waals surface area (Å²) in [7, 11) is 0. The minimum Gasteiger partial charge on any atom is -0.480 e. The number of amides is 1. The van der Waals surface area contributed by atoms with Crippen LogP contribution in [-0.4, -0.2) is 34.8 Å². The molecule has 1 atom stereocenters. The van der Waals surface area contributed by atoms with Crippen LogP contribution in [0.3, 0.4) is 0 Å². The van der Waals surface area contributed by atoms with Gasteiger partial charge in [-0.1, -0.05) is 0 Å². The standard InChI is InChI=1S/C15H14N2O5S/c1-8(15(19)20)16-13(18)5-10-6-23-14(17-10)9-2-3-11-12(4-9)22-7-21-11/h2-4,6,8H,5,7H2,1H3,(H,16,18)(H,19,20)/t8-/m1/s1. The van der Waals surface area contributed by atoms with Crippen LogP contribution in [0.25, 0.3) is 10.6 Å². The summed E-state index contributed by atoms with van der Waals surface area (Å²) in [5.74, 6) is -0.0695. The highest BCUT2D eigenvalue weighted by molar-refractivity contribution is 7.13. The number of aliphatic carboxylic acids is 1. The van der Waals surface area contributed by atoms with Crippen LogP contribution in [0.15, 0.2) is 23.6 Å². The number of carboxylic acids is 1. The Morgan fingerprint density at radius 3 is 2.96 bits per heavy atom. The predicted octanol–water partition coefficient (Wildman–Crippen LogP) is 1.67. The van der Waals surface area contributed by atoms with Crippen LogP contribution >= 0.6 is 11.3 Å². The maximum atomic E-state index is 11.8. The molecule has 7 nitrogen and oxygen atoms in total. The number of hydrogen-bond donors (Lipinski definition) is 2. The molecule has 0 fully saturated rings. The van der Waals surface area contributed by atoms with E-state index in [0.29, 0.717) is 17.2 Å². The van der Waals surface area contributed by atoms with E-state index in [1.54, 1.807) is 5.38 Å². The molecule has 0 spiro atoms. The van der Waals surface area contributed by atoms with Crippen molar-refractivity contribution in [2.24, 2.45) is 0 Å². The molecule has 0 radical (unpaired) electrons. The van der Waals surface area contributed by atoms with E-state index in [0.717, 1.165) is 10.6 Å². The number of fused-ring (bicyclic) bond motifs is 1. The zero-order valence-electron chi connectivity index (χ0n) is 12.2. The monoisotopic (exact) mass is 334 g/mol. The molecule has 3 rings (SSSR count). The van der Waals surface area contributed by atoms with Crippen molar-refractivity contribution in [1.82, 2.24) is 10.3 Å². The number of thiazole rings is 1. The van der Waals surface area contributed by atoms with Gasteiger partial charge in [-0.15, -0.1) is 11.3 Å². The molecule has 0 unspecified atom stereocenters. The summed E-state index contributed by atoms with van der Waals surface area (Å²) in [5.41, 5.74) is 1.47. The molecule has 2 N–H and O–H groups in total. The van der Waals surface area contributed by atoms with Crippen molar-refractivity contribution in [2.75, 3.05) is 6.79 Å². The zero-order valence-corrected chi connectivity index (χ0v) is 13.1. The number of aromatic nitrogens is 1. The van der Waals surface area contributed by atoms with Gasteiger partial charge in [0.15, 0.2) is 11.5 Å². The van der Waals surface area contributed by atoms with Crippen LogP contribution in [0.1, 0.15) is 12.6 Å². The first kappa shape index (κ1) is 15.3. The van der Waals surface area contributed by atoms with Crippen molar-refractivity contribution < 1.29 is 24.2 Å². The fourth-order valence-electron chi connectivity index (χ4n) is 2.07. The fraction of sp³-hybridized carbons (Fsp3) is 0.267. The molecule has 2 heterocycles. The lowest BCUT2D eigenvalue weighted by Crippen LogP contribution is -2.39. The first-order valence-electron chi connectivity index (χ1n) is 6.89. The van der Waals surface area contributed by atoms with E-state index in [-0.39, 0.29) is 19.1 Å². The van der Waals surface area contributed by atoms with Crippen LogP contribution in [0.5, 0.6) is 11.5 Å². The number of carbonyl (C=O) groups is 2. The fourth-order valence-corrected chi connectivity index (χ4v) is 2.89. The van der Waals surface area contributed by atoms with E-state index in [1.165, 1.54) is 18.3 Å². The van der Waals surface area contributed by atoms with Gasteiger partial charge >= 0.3 is 5.97 Å². The Labute approximate surface area is 135 Å². The van der Waals surface area contributed by atoms with Crippen molar-refractivity contribution in [2.45, 2.75) is 19.4 Å². The Hall–Kier alpha value is -2.61. The number of benzene rings is 1.